The smallest absolute Gasteiger partial charge is 0.251 e. The van der Waals surface area contributed by atoms with Crippen LogP contribution in [0.3, 0.4) is 0 Å². The minimum Gasteiger partial charge on any atom is -0.497 e. The van der Waals surface area contributed by atoms with Crippen LogP contribution < -0.4 is 15.4 Å². The van der Waals surface area contributed by atoms with Crippen LogP contribution in [0.25, 0.3) is 11.0 Å². The van der Waals surface area contributed by atoms with Crippen molar-refractivity contribution in [3.8, 4) is 5.75 Å². The van der Waals surface area contributed by atoms with Crippen molar-refractivity contribution in [3.05, 3.63) is 59.9 Å². The summed E-state index contributed by atoms with van der Waals surface area (Å²) in [5.74, 6) is 0.484. The third kappa shape index (κ3) is 3.95. The lowest BCUT2D eigenvalue weighted by atomic mass is 10.1. The van der Waals surface area contributed by atoms with Crippen LogP contribution in [0.15, 0.2) is 53.1 Å². The van der Waals surface area contributed by atoms with Gasteiger partial charge in [-0.25, -0.2) is 0 Å². The number of nitrogens with one attached hydrogen (secondary N) is 2. The molecule has 138 valence electrons. The van der Waals surface area contributed by atoms with E-state index in [-0.39, 0.29) is 18.2 Å². The third-order valence-electron chi connectivity index (χ3n) is 4.56. The van der Waals surface area contributed by atoms with Gasteiger partial charge in [-0.1, -0.05) is 0 Å². The van der Waals surface area contributed by atoms with E-state index in [1.165, 1.54) is 0 Å². The van der Waals surface area contributed by atoms with Gasteiger partial charge in [0.25, 0.3) is 5.91 Å². The molecule has 4 rings (SSSR count). The molecule has 0 aliphatic heterocycles. The van der Waals surface area contributed by atoms with Crippen LogP contribution in [0.2, 0.25) is 0 Å². The van der Waals surface area contributed by atoms with Crippen LogP contribution in [0.1, 0.15) is 28.8 Å². The van der Waals surface area contributed by atoms with Crippen molar-refractivity contribution >= 4 is 28.5 Å². The molecular weight excluding hydrogens is 344 g/mol. The first-order valence-corrected chi connectivity index (χ1v) is 8.87. The molecule has 1 aromatic heterocycles. The van der Waals surface area contributed by atoms with Gasteiger partial charge < -0.3 is 19.8 Å². The Kier molecular flexibility index (Phi) is 4.54. The predicted octanol–water partition coefficient (Wildman–Crippen LogP) is 3.51. The Morgan fingerprint density at radius 3 is 2.63 bits per heavy atom. The molecule has 0 unspecified atom stereocenters. The molecule has 1 heterocycles. The second-order valence-electron chi connectivity index (χ2n) is 6.67. The zero-order valence-corrected chi connectivity index (χ0v) is 15.0. The number of carbonyl (C=O) groups is 2. The molecule has 1 aliphatic rings. The molecule has 2 N–H and O–H groups in total. The minimum atomic E-state index is -0.149. The Labute approximate surface area is 156 Å². The number of hydrogen-bond donors (Lipinski definition) is 2. The topological polar surface area (TPSA) is 80.6 Å². The van der Waals surface area contributed by atoms with Gasteiger partial charge in [0.15, 0.2) is 0 Å². The molecule has 0 spiro atoms. The van der Waals surface area contributed by atoms with E-state index >= 15 is 0 Å². The monoisotopic (exact) mass is 364 g/mol. The highest BCUT2D eigenvalue weighted by Crippen LogP contribution is 2.26. The van der Waals surface area contributed by atoms with Crippen molar-refractivity contribution in [1.29, 1.82) is 0 Å². The average Bonchev–Trinajstić information content (AvgIpc) is 3.41. The minimum absolute atomic E-state index is 0.0735. The average molecular weight is 364 g/mol. The van der Waals surface area contributed by atoms with Gasteiger partial charge in [-0.3, -0.25) is 9.59 Å². The molecule has 2 amide bonds. The number of ether oxygens (including phenoxy) is 1. The van der Waals surface area contributed by atoms with Crippen molar-refractivity contribution in [2.24, 2.45) is 0 Å². The lowest BCUT2D eigenvalue weighted by molar-refractivity contribution is -0.115. The molecule has 3 aromatic rings. The van der Waals surface area contributed by atoms with Crippen molar-refractivity contribution in [1.82, 2.24) is 5.32 Å². The van der Waals surface area contributed by atoms with E-state index in [0.717, 1.165) is 23.8 Å². The number of methoxy groups -OCH3 is 1. The Balaban J connectivity index is 1.39. The number of rotatable bonds is 6. The van der Waals surface area contributed by atoms with E-state index in [1.807, 2.05) is 12.1 Å². The lowest BCUT2D eigenvalue weighted by Crippen LogP contribution is -2.25. The third-order valence-corrected chi connectivity index (χ3v) is 4.56. The van der Waals surface area contributed by atoms with E-state index < -0.39 is 0 Å². The fraction of sp³-hybridized carbons (Fsp3) is 0.238. The van der Waals surface area contributed by atoms with E-state index in [9.17, 15) is 9.59 Å². The van der Waals surface area contributed by atoms with Crippen LogP contribution in [0, 0.1) is 0 Å². The second kappa shape index (κ2) is 7.15. The molecule has 6 nitrogen and oxygen atoms in total. The molecule has 0 saturated heterocycles. The summed E-state index contributed by atoms with van der Waals surface area (Å²) < 4.78 is 10.7. The highest BCUT2D eigenvalue weighted by Gasteiger charge is 2.23. The second-order valence-corrected chi connectivity index (χ2v) is 6.67. The highest BCUT2D eigenvalue weighted by molar-refractivity contribution is 5.97. The fourth-order valence-corrected chi connectivity index (χ4v) is 2.91. The summed E-state index contributed by atoms with van der Waals surface area (Å²) in [4.78, 5) is 24.4. The van der Waals surface area contributed by atoms with Gasteiger partial charge in [-0.05, 0) is 49.2 Å². The van der Waals surface area contributed by atoms with Crippen LogP contribution in [0.4, 0.5) is 5.69 Å². The van der Waals surface area contributed by atoms with Crippen LogP contribution in [-0.4, -0.2) is 25.0 Å². The normalized spacial score (nSPS) is 13.4. The zero-order valence-electron chi connectivity index (χ0n) is 15.0. The maximum absolute atomic E-state index is 12.4. The quantitative estimate of drug-likeness (QED) is 0.701. The summed E-state index contributed by atoms with van der Waals surface area (Å²) in [7, 11) is 1.60. The predicted molar refractivity (Wildman–Crippen MR) is 102 cm³/mol. The number of amides is 2. The molecular formula is C21H20N2O4. The standard InChI is InChI=1S/C21H20N2O4/c1-26-17-8-9-18-14(12-27-19(18)11-17)10-20(24)22-15-4-2-13(3-5-15)21(25)23-16-6-7-16/h2-5,8-9,11-12,16H,6-7,10H2,1H3,(H,22,24)(H,23,25). The van der Waals surface area contributed by atoms with Crippen molar-refractivity contribution in [2.45, 2.75) is 25.3 Å². The molecule has 2 aromatic carbocycles. The number of carbonyl (C=O) groups excluding carboxylic acids is 2. The SMILES string of the molecule is COc1ccc2c(CC(=O)Nc3ccc(C(=O)NC4CC4)cc3)coc2c1. The van der Waals surface area contributed by atoms with Gasteiger partial charge in [0.2, 0.25) is 5.91 Å². The fourth-order valence-electron chi connectivity index (χ4n) is 2.91. The molecule has 1 saturated carbocycles. The number of benzene rings is 2. The molecule has 6 heteroatoms. The molecule has 1 aliphatic carbocycles. The Morgan fingerprint density at radius 1 is 1.15 bits per heavy atom. The Bertz CT molecular complexity index is 987. The number of anilines is 1. The maximum atomic E-state index is 12.4. The van der Waals surface area contributed by atoms with Gasteiger partial charge in [0.05, 0.1) is 19.8 Å². The maximum Gasteiger partial charge on any atom is 0.251 e. The van der Waals surface area contributed by atoms with E-state index in [1.54, 1.807) is 43.7 Å². The first kappa shape index (κ1) is 17.1. The summed E-state index contributed by atoms with van der Waals surface area (Å²) in [5.41, 5.74) is 2.74. The summed E-state index contributed by atoms with van der Waals surface area (Å²) in [6.45, 7) is 0. The summed E-state index contributed by atoms with van der Waals surface area (Å²) >= 11 is 0. The molecule has 0 atom stereocenters. The number of hydrogen-bond acceptors (Lipinski definition) is 4. The summed E-state index contributed by atoms with van der Waals surface area (Å²) in [6, 6.07) is 12.7. The van der Waals surface area contributed by atoms with Crippen LogP contribution >= 0.6 is 0 Å². The molecule has 0 radical (unpaired) electrons. The van der Waals surface area contributed by atoms with Gasteiger partial charge in [-0.15, -0.1) is 0 Å². The summed E-state index contributed by atoms with van der Waals surface area (Å²) in [5, 5.41) is 6.68. The van der Waals surface area contributed by atoms with Gasteiger partial charge in [0, 0.05) is 34.3 Å². The number of furan rings is 1. The molecule has 0 bridgehead atoms. The highest BCUT2D eigenvalue weighted by atomic mass is 16.5. The van der Waals surface area contributed by atoms with Crippen molar-refractivity contribution in [3.63, 3.8) is 0 Å². The Hall–Kier alpha value is -3.28. The first-order valence-electron chi connectivity index (χ1n) is 8.87. The van der Waals surface area contributed by atoms with Crippen LogP contribution in [-0.2, 0) is 11.2 Å². The largest absolute Gasteiger partial charge is 0.497 e. The van der Waals surface area contributed by atoms with Gasteiger partial charge >= 0.3 is 0 Å². The van der Waals surface area contributed by atoms with E-state index in [4.69, 9.17) is 9.15 Å². The van der Waals surface area contributed by atoms with Gasteiger partial charge in [0.1, 0.15) is 11.3 Å². The zero-order chi connectivity index (χ0) is 18.8. The molecule has 27 heavy (non-hydrogen) atoms. The molecule has 1 fully saturated rings. The van der Waals surface area contributed by atoms with Crippen LogP contribution in [0.5, 0.6) is 5.75 Å². The van der Waals surface area contributed by atoms with E-state index in [2.05, 4.69) is 10.6 Å². The first-order chi connectivity index (χ1) is 13.1. The van der Waals surface area contributed by atoms with Crippen molar-refractivity contribution < 1.29 is 18.7 Å². The van der Waals surface area contributed by atoms with E-state index in [0.29, 0.717) is 28.6 Å². The van der Waals surface area contributed by atoms with Crippen molar-refractivity contribution in [2.75, 3.05) is 12.4 Å². The lowest BCUT2D eigenvalue weighted by Gasteiger charge is -2.07. The Morgan fingerprint density at radius 2 is 1.93 bits per heavy atom. The number of fused-ring (bicyclic) bond motifs is 1. The summed E-state index contributed by atoms with van der Waals surface area (Å²) in [6.07, 6.45) is 3.89. The van der Waals surface area contributed by atoms with Gasteiger partial charge in [-0.2, -0.15) is 0 Å².